The van der Waals surface area contributed by atoms with Gasteiger partial charge in [-0.3, -0.25) is 14.4 Å². The number of nitrogens with one attached hydrogen (secondary N) is 2. The molecule has 0 saturated carbocycles. The van der Waals surface area contributed by atoms with E-state index in [1.807, 2.05) is 19.1 Å². The van der Waals surface area contributed by atoms with Crippen LogP contribution in [0.5, 0.6) is 5.75 Å². The Kier molecular flexibility index (Phi) is 6.29. The first kappa shape index (κ1) is 23.1. The van der Waals surface area contributed by atoms with E-state index in [4.69, 9.17) is 10.5 Å². The zero-order chi connectivity index (χ0) is 24.5. The molecular formula is C25H27N5O4S. The number of rotatable bonds is 1. The monoisotopic (exact) mass is 493 g/mol. The smallest absolute Gasteiger partial charge is 0.254 e. The van der Waals surface area contributed by atoms with Gasteiger partial charge in [0, 0.05) is 36.2 Å². The fourth-order valence-corrected chi connectivity index (χ4v) is 5.48. The first-order valence-corrected chi connectivity index (χ1v) is 12.5. The van der Waals surface area contributed by atoms with Gasteiger partial charge >= 0.3 is 0 Å². The first-order chi connectivity index (χ1) is 16.9. The maximum atomic E-state index is 13.7. The summed E-state index contributed by atoms with van der Waals surface area (Å²) in [6, 6.07) is 10.2. The second-order valence-electron chi connectivity index (χ2n) is 8.92. The molecule has 3 amide bonds. The molecule has 35 heavy (non-hydrogen) atoms. The van der Waals surface area contributed by atoms with E-state index in [1.165, 1.54) is 11.3 Å². The Morgan fingerprint density at radius 2 is 1.97 bits per heavy atom. The van der Waals surface area contributed by atoms with Crippen molar-refractivity contribution in [1.29, 1.82) is 0 Å². The van der Waals surface area contributed by atoms with Crippen molar-refractivity contribution in [2.45, 2.75) is 38.3 Å². The fraction of sp³-hybridized carbons (Fsp3) is 0.360. The molecule has 0 aliphatic carbocycles. The Balaban J connectivity index is 1.43. The van der Waals surface area contributed by atoms with Gasteiger partial charge in [-0.2, -0.15) is 0 Å². The topological polar surface area (TPSA) is 127 Å². The third kappa shape index (κ3) is 4.79. The lowest BCUT2D eigenvalue weighted by molar-refractivity contribution is -0.122. The van der Waals surface area contributed by atoms with Gasteiger partial charge in [0.15, 0.2) is 5.13 Å². The van der Waals surface area contributed by atoms with Crippen LogP contribution in [-0.4, -0.2) is 59.4 Å². The average Bonchev–Trinajstić information content (AvgIpc) is 3.41. The highest BCUT2D eigenvalue weighted by atomic mass is 32.1. The van der Waals surface area contributed by atoms with Crippen molar-refractivity contribution in [3.63, 3.8) is 0 Å². The van der Waals surface area contributed by atoms with Crippen LogP contribution < -0.4 is 21.1 Å². The van der Waals surface area contributed by atoms with Crippen molar-refractivity contribution >= 4 is 44.4 Å². The lowest BCUT2D eigenvalue weighted by Gasteiger charge is -2.30. The van der Waals surface area contributed by atoms with Gasteiger partial charge in [0.05, 0.1) is 16.8 Å². The fourth-order valence-electron chi connectivity index (χ4n) is 4.77. The van der Waals surface area contributed by atoms with Gasteiger partial charge < -0.3 is 26.0 Å². The van der Waals surface area contributed by atoms with E-state index in [2.05, 4.69) is 15.6 Å². The minimum atomic E-state index is -0.269. The maximum Gasteiger partial charge on any atom is 0.254 e. The van der Waals surface area contributed by atoms with Crippen molar-refractivity contribution in [2.75, 3.05) is 25.4 Å². The number of nitrogens with two attached hydrogens (primary N) is 1. The molecule has 0 radical (unpaired) electrons. The van der Waals surface area contributed by atoms with E-state index in [-0.39, 0.29) is 42.8 Å². The van der Waals surface area contributed by atoms with Gasteiger partial charge in [-0.25, -0.2) is 4.98 Å². The number of aryl methyl sites for hydroxylation is 1. The number of fused-ring (bicyclic) bond motifs is 5. The highest BCUT2D eigenvalue weighted by molar-refractivity contribution is 7.22. The third-order valence-electron chi connectivity index (χ3n) is 6.56. The molecule has 2 aromatic carbocycles. The van der Waals surface area contributed by atoms with Crippen LogP contribution in [0.4, 0.5) is 5.13 Å². The molecule has 10 heteroatoms. The number of nitrogen functional groups attached to an aromatic ring is 1. The number of amides is 3. The largest absolute Gasteiger partial charge is 0.491 e. The number of nitrogens with zero attached hydrogens (tertiary/aromatic N) is 2. The first-order valence-electron chi connectivity index (χ1n) is 11.7. The Labute approximate surface area is 206 Å². The summed E-state index contributed by atoms with van der Waals surface area (Å²) in [5.41, 5.74) is 8.38. The number of hydrogen-bond acceptors (Lipinski definition) is 7. The van der Waals surface area contributed by atoms with Crippen molar-refractivity contribution in [1.82, 2.24) is 20.5 Å². The Hall–Kier alpha value is -3.66. The number of benzene rings is 2. The summed E-state index contributed by atoms with van der Waals surface area (Å²) in [5.74, 6) is 0.0646. The normalized spacial score (nSPS) is 21.0. The SMILES string of the molecule is Cc1ccc2cc1OCCNC(=O)C[C@@H]1CC[C@H](CNC2=O)N1C(=O)c1ccc2sc(N)nc2c1. The van der Waals surface area contributed by atoms with Gasteiger partial charge in [-0.05, 0) is 55.7 Å². The zero-order valence-corrected chi connectivity index (χ0v) is 20.2. The molecule has 4 N–H and O–H groups in total. The van der Waals surface area contributed by atoms with E-state index in [9.17, 15) is 14.4 Å². The summed E-state index contributed by atoms with van der Waals surface area (Å²) >= 11 is 1.37. The number of hydrogen-bond donors (Lipinski definition) is 3. The van der Waals surface area contributed by atoms with Crippen LogP contribution >= 0.6 is 11.3 Å². The molecule has 0 unspecified atom stereocenters. The van der Waals surface area contributed by atoms with Crippen LogP contribution in [0.2, 0.25) is 0 Å². The van der Waals surface area contributed by atoms with E-state index in [0.717, 1.165) is 10.3 Å². The molecule has 2 atom stereocenters. The third-order valence-corrected chi connectivity index (χ3v) is 7.42. The summed E-state index contributed by atoms with van der Waals surface area (Å²) in [4.78, 5) is 45.3. The number of carbonyl (C=O) groups excluding carboxylic acids is 3. The molecule has 182 valence electrons. The molecule has 2 aliphatic heterocycles. The Bertz CT molecular complexity index is 1310. The molecule has 0 spiro atoms. The molecular weight excluding hydrogens is 466 g/mol. The molecule has 1 saturated heterocycles. The van der Waals surface area contributed by atoms with E-state index in [0.29, 0.717) is 53.5 Å². The lowest BCUT2D eigenvalue weighted by atomic mass is 10.1. The van der Waals surface area contributed by atoms with Gasteiger partial charge in [0.2, 0.25) is 5.91 Å². The molecule has 4 bridgehead atoms. The Morgan fingerprint density at radius 3 is 2.83 bits per heavy atom. The summed E-state index contributed by atoms with van der Waals surface area (Å²) in [7, 11) is 0. The lowest BCUT2D eigenvalue weighted by Crippen LogP contribution is -2.47. The number of ether oxygens (including phenoxy) is 1. The summed E-state index contributed by atoms with van der Waals surface area (Å²) in [5, 5.41) is 6.31. The van der Waals surface area contributed by atoms with Gasteiger partial charge in [0.1, 0.15) is 12.4 Å². The van der Waals surface area contributed by atoms with Crippen LogP contribution in [0.3, 0.4) is 0 Å². The summed E-state index contributed by atoms with van der Waals surface area (Å²) in [6.07, 6.45) is 1.56. The molecule has 3 aromatic rings. The van der Waals surface area contributed by atoms with Crippen molar-refractivity contribution in [3.8, 4) is 5.75 Å². The van der Waals surface area contributed by atoms with Crippen LogP contribution in [0.25, 0.3) is 10.2 Å². The molecule has 1 fully saturated rings. The van der Waals surface area contributed by atoms with Crippen molar-refractivity contribution in [2.24, 2.45) is 0 Å². The highest BCUT2D eigenvalue weighted by Crippen LogP contribution is 2.30. The van der Waals surface area contributed by atoms with Crippen molar-refractivity contribution < 1.29 is 19.1 Å². The number of anilines is 1. The number of carbonyl (C=O) groups is 3. The van der Waals surface area contributed by atoms with E-state index >= 15 is 0 Å². The highest BCUT2D eigenvalue weighted by Gasteiger charge is 2.38. The average molecular weight is 494 g/mol. The summed E-state index contributed by atoms with van der Waals surface area (Å²) < 4.78 is 6.70. The summed E-state index contributed by atoms with van der Waals surface area (Å²) in [6.45, 7) is 2.81. The van der Waals surface area contributed by atoms with Crippen LogP contribution in [0.15, 0.2) is 36.4 Å². The number of thiazole rings is 1. The van der Waals surface area contributed by atoms with Gasteiger partial charge in [-0.15, -0.1) is 0 Å². The van der Waals surface area contributed by atoms with E-state index in [1.54, 1.807) is 29.2 Å². The molecule has 5 rings (SSSR count). The molecule has 3 heterocycles. The van der Waals surface area contributed by atoms with Gasteiger partial charge in [0.25, 0.3) is 11.8 Å². The minimum absolute atomic E-state index is 0.135. The van der Waals surface area contributed by atoms with Crippen LogP contribution in [-0.2, 0) is 4.79 Å². The standard InChI is InChI=1S/C25H27N5O4S/c1-14-2-3-15-11-20(14)34-9-8-27-22(31)12-17-5-6-18(13-28-23(15)32)30(17)24(33)16-4-7-21-19(10-16)29-25(26)35-21/h2-4,7,10-11,17-18H,5-6,8-9,12-13H2,1H3,(H2,26,29)(H,27,31)(H,28,32)/t17-,18+/m0/s1. The second kappa shape index (κ2) is 9.53. The zero-order valence-electron chi connectivity index (χ0n) is 19.4. The minimum Gasteiger partial charge on any atom is -0.491 e. The predicted molar refractivity (Wildman–Crippen MR) is 134 cm³/mol. The van der Waals surface area contributed by atoms with Crippen molar-refractivity contribution in [3.05, 3.63) is 53.1 Å². The second-order valence-corrected chi connectivity index (χ2v) is 9.99. The molecule has 9 nitrogen and oxygen atoms in total. The predicted octanol–water partition coefficient (Wildman–Crippen LogP) is 2.49. The Morgan fingerprint density at radius 1 is 1.14 bits per heavy atom. The van der Waals surface area contributed by atoms with Gasteiger partial charge in [-0.1, -0.05) is 17.4 Å². The maximum absolute atomic E-state index is 13.7. The molecule has 1 aromatic heterocycles. The van der Waals surface area contributed by atoms with Crippen LogP contribution in [0, 0.1) is 6.92 Å². The quantitative estimate of drug-likeness (QED) is 0.478. The van der Waals surface area contributed by atoms with E-state index < -0.39 is 0 Å². The molecule has 2 aliphatic rings. The van der Waals surface area contributed by atoms with Crippen LogP contribution in [0.1, 0.15) is 45.5 Å². The number of aromatic nitrogens is 1.